The first-order valence-electron chi connectivity index (χ1n) is 5.36. The van der Waals surface area contributed by atoms with Crippen LogP contribution < -0.4 is 10.5 Å². The molecule has 1 heterocycles. The summed E-state index contributed by atoms with van der Waals surface area (Å²) in [6, 6.07) is 0. The lowest BCUT2D eigenvalue weighted by Gasteiger charge is -2.09. The van der Waals surface area contributed by atoms with Crippen LogP contribution in [0, 0.1) is 0 Å². The van der Waals surface area contributed by atoms with Gasteiger partial charge in [0.25, 0.3) is 0 Å². The molecule has 0 saturated carbocycles. The molecule has 1 amide bonds. The van der Waals surface area contributed by atoms with Crippen LogP contribution in [-0.4, -0.2) is 39.3 Å². The quantitative estimate of drug-likeness (QED) is 0.612. The van der Waals surface area contributed by atoms with Crippen molar-refractivity contribution >= 4 is 15.9 Å². The standard InChI is InChI=1S/C9H18N2O4S/c10-16(13,14)6-2-4-11-9(12)7-8-3-1-5-15-8/h8H,1-7H2,(H,11,12)(H2,10,13,14). The topological polar surface area (TPSA) is 98.5 Å². The van der Waals surface area contributed by atoms with E-state index >= 15 is 0 Å². The number of carbonyl (C=O) groups is 1. The third-order valence-electron chi connectivity index (χ3n) is 2.36. The van der Waals surface area contributed by atoms with Gasteiger partial charge in [0.2, 0.25) is 15.9 Å². The van der Waals surface area contributed by atoms with Gasteiger partial charge in [-0.2, -0.15) is 0 Å². The van der Waals surface area contributed by atoms with E-state index in [9.17, 15) is 13.2 Å². The molecule has 1 aliphatic rings. The number of nitrogens with one attached hydrogen (secondary N) is 1. The molecular formula is C9H18N2O4S. The molecule has 1 unspecified atom stereocenters. The van der Waals surface area contributed by atoms with Crippen LogP contribution in [0.3, 0.4) is 0 Å². The van der Waals surface area contributed by atoms with Crippen molar-refractivity contribution < 1.29 is 17.9 Å². The van der Waals surface area contributed by atoms with Crippen molar-refractivity contribution in [1.29, 1.82) is 0 Å². The summed E-state index contributed by atoms with van der Waals surface area (Å²) in [6.07, 6.45) is 2.65. The normalized spacial score (nSPS) is 20.9. The van der Waals surface area contributed by atoms with E-state index in [-0.39, 0.29) is 17.8 Å². The van der Waals surface area contributed by atoms with E-state index in [1.807, 2.05) is 0 Å². The number of hydrogen-bond donors (Lipinski definition) is 2. The van der Waals surface area contributed by atoms with Gasteiger partial charge in [0.05, 0.1) is 18.3 Å². The Balaban J connectivity index is 2.06. The molecule has 0 aromatic rings. The average molecular weight is 250 g/mol. The summed E-state index contributed by atoms with van der Waals surface area (Å²) < 4.78 is 26.5. The van der Waals surface area contributed by atoms with Crippen molar-refractivity contribution in [3.8, 4) is 0 Å². The molecule has 0 spiro atoms. The highest BCUT2D eigenvalue weighted by molar-refractivity contribution is 7.89. The lowest BCUT2D eigenvalue weighted by atomic mass is 10.2. The van der Waals surface area contributed by atoms with Crippen molar-refractivity contribution in [3.05, 3.63) is 0 Å². The summed E-state index contributed by atoms with van der Waals surface area (Å²) in [5.41, 5.74) is 0. The van der Waals surface area contributed by atoms with E-state index < -0.39 is 10.0 Å². The Labute approximate surface area is 95.6 Å². The molecule has 1 aliphatic heterocycles. The van der Waals surface area contributed by atoms with Gasteiger partial charge in [-0.25, -0.2) is 13.6 Å². The van der Waals surface area contributed by atoms with Crippen LogP contribution in [0.4, 0.5) is 0 Å². The SMILES string of the molecule is NS(=O)(=O)CCCNC(=O)CC1CCCO1. The van der Waals surface area contributed by atoms with Gasteiger partial charge in [0.1, 0.15) is 0 Å². The molecule has 16 heavy (non-hydrogen) atoms. The highest BCUT2D eigenvalue weighted by Gasteiger charge is 2.18. The molecule has 1 fully saturated rings. The number of hydrogen-bond acceptors (Lipinski definition) is 4. The van der Waals surface area contributed by atoms with Gasteiger partial charge in [-0.15, -0.1) is 0 Å². The fourth-order valence-electron chi connectivity index (χ4n) is 1.59. The van der Waals surface area contributed by atoms with Crippen LogP contribution in [0.1, 0.15) is 25.7 Å². The predicted molar refractivity (Wildman–Crippen MR) is 59.2 cm³/mol. The molecule has 6 nitrogen and oxygen atoms in total. The number of carbonyl (C=O) groups excluding carboxylic acids is 1. The maximum atomic E-state index is 11.4. The Morgan fingerprint density at radius 3 is 2.81 bits per heavy atom. The summed E-state index contributed by atoms with van der Waals surface area (Å²) in [6.45, 7) is 1.06. The van der Waals surface area contributed by atoms with Gasteiger partial charge >= 0.3 is 0 Å². The Bertz CT molecular complexity index is 322. The molecule has 1 saturated heterocycles. The van der Waals surface area contributed by atoms with Crippen molar-refractivity contribution in [1.82, 2.24) is 5.32 Å². The summed E-state index contributed by atoms with van der Waals surface area (Å²) in [7, 11) is -3.42. The van der Waals surface area contributed by atoms with Crippen LogP contribution in [0.25, 0.3) is 0 Å². The highest BCUT2D eigenvalue weighted by Crippen LogP contribution is 2.14. The van der Waals surface area contributed by atoms with Crippen LogP contribution >= 0.6 is 0 Å². The average Bonchev–Trinajstić information content (AvgIpc) is 2.63. The largest absolute Gasteiger partial charge is 0.378 e. The zero-order valence-electron chi connectivity index (χ0n) is 9.15. The lowest BCUT2D eigenvalue weighted by molar-refractivity contribution is -0.123. The van der Waals surface area contributed by atoms with Crippen molar-refractivity contribution in [2.75, 3.05) is 18.9 Å². The minimum Gasteiger partial charge on any atom is -0.378 e. The Hall–Kier alpha value is -0.660. The first kappa shape index (κ1) is 13.4. The third kappa shape index (κ3) is 6.04. The van der Waals surface area contributed by atoms with Crippen LogP contribution in [0.5, 0.6) is 0 Å². The van der Waals surface area contributed by atoms with E-state index in [0.717, 1.165) is 19.4 Å². The summed E-state index contributed by atoms with van der Waals surface area (Å²) in [5, 5.41) is 7.47. The first-order chi connectivity index (χ1) is 7.47. The van der Waals surface area contributed by atoms with Crippen molar-refractivity contribution in [2.45, 2.75) is 31.8 Å². The molecule has 0 aromatic heterocycles. The fourth-order valence-corrected chi connectivity index (χ4v) is 2.13. The molecular weight excluding hydrogens is 232 g/mol. The summed E-state index contributed by atoms with van der Waals surface area (Å²) in [4.78, 5) is 11.4. The minimum absolute atomic E-state index is 0.0261. The zero-order valence-corrected chi connectivity index (χ0v) is 9.96. The van der Waals surface area contributed by atoms with Crippen LogP contribution in [0.2, 0.25) is 0 Å². The summed E-state index contributed by atoms with van der Waals surface area (Å²) >= 11 is 0. The fraction of sp³-hybridized carbons (Fsp3) is 0.889. The molecule has 1 rings (SSSR count). The van der Waals surface area contributed by atoms with Gasteiger partial charge in [-0.1, -0.05) is 0 Å². The van der Waals surface area contributed by atoms with Crippen molar-refractivity contribution in [2.24, 2.45) is 5.14 Å². The Kier molecular flexibility index (Phi) is 5.17. The Morgan fingerprint density at radius 1 is 1.50 bits per heavy atom. The number of amides is 1. The second-order valence-electron chi connectivity index (χ2n) is 3.91. The highest BCUT2D eigenvalue weighted by atomic mass is 32.2. The van der Waals surface area contributed by atoms with E-state index in [2.05, 4.69) is 5.32 Å². The van der Waals surface area contributed by atoms with E-state index in [4.69, 9.17) is 9.88 Å². The van der Waals surface area contributed by atoms with E-state index in [1.165, 1.54) is 0 Å². The van der Waals surface area contributed by atoms with Gasteiger partial charge in [-0.3, -0.25) is 4.79 Å². The number of ether oxygens (including phenoxy) is 1. The predicted octanol–water partition coefficient (Wildman–Crippen LogP) is -0.650. The molecule has 0 bridgehead atoms. The van der Waals surface area contributed by atoms with Crippen LogP contribution in [0.15, 0.2) is 0 Å². The van der Waals surface area contributed by atoms with E-state index in [1.54, 1.807) is 0 Å². The maximum absolute atomic E-state index is 11.4. The molecule has 1 atom stereocenters. The smallest absolute Gasteiger partial charge is 0.222 e. The number of rotatable bonds is 6. The monoisotopic (exact) mass is 250 g/mol. The second-order valence-corrected chi connectivity index (χ2v) is 5.64. The van der Waals surface area contributed by atoms with Crippen LogP contribution in [-0.2, 0) is 19.6 Å². The molecule has 94 valence electrons. The molecule has 3 N–H and O–H groups in total. The maximum Gasteiger partial charge on any atom is 0.222 e. The van der Waals surface area contributed by atoms with Gasteiger partial charge in [-0.05, 0) is 19.3 Å². The van der Waals surface area contributed by atoms with Gasteiger partial charge in [0.15, 0.2) is 0 Å². The molecule has 7 heteroatoms. The van der Waals surface area contributed by atoms with Gasteiger partial charge < -0.3 is 10.1 Å². The first-order valence-corrected chi connectivity index (χ1v) is 7.08. The third-order valence-corrected chi connectivity index (χ3v) is 3.22. The zero-order chi connectivity index (χ0) is 12.0. The number of sulfonamides is 1. The molecule has 0 radical (unpaired) electrons. The Morgan fingerprint density at radius 2 is 2.25 bits per heavy atom. The minimum atomic E-state index is -3.42. The number of nitrogens with two attached hydrogens (primary N) is 1. The molecule has 0 aromatic carbocycles. The van der Waals surface area contributed by atoms with Crippen molar-refractivity contribution in [3.63, 3.8) is 0 Å². The van der Waals surface area contributed by atoms with Gasteiger partial charge in [0, 0.05) is 13.2 Å². The number of primary sulfonamides is 1. The second kappa shape index (κ2) is 6.17. The lowest BCUT2D eigenvalue weighted by Crippen LogP contribution is -2.29. The van der Waals surface area contributed by atoms with E-state index in [0.29, 0.717) is 19.4 Å². The summed E-state index contributed by atoms with van der Waals surface area (Å²) in [5.74, 6) is -0.200. The molecule has 0 aliphatic carbocycles.